The van der Waals surface area contributed by atoms with E-state index in [4.69, 9.17) is 4.98 Å². The van der Waals surface area contributed by atoms with E-state index in [1.54, 1.807) is 43.4 Å². The highest BCUT2D eigenvalue weighted by Crippen LogP contribution is 2.32. The van der Waals surface area contributed by atoms with Gasteiger partial charge in [-0.1, -0.05) is 6.92 Å². The van der Waals surface area contributed by atoms with Crippen molar-refractivity contribution in [2.75, 3.05) is 5.32 Å². The number of nitrogens with zero attached hydrogens (tertiary/aromatic N) is 6. The number of amides is 1. The van der Waals surface area contributed by atoms with Crippen LogP contribution in [0.4, 0.5) is 5.69 Å². The largest absolute Gasteiger partial charge is 0.335 e. The zero-order chi connectivity index (χ0) is 24.5. The Kier molecular flexibility index (Phi) is 5.38. The van der Waals surface area contributed by atoms with Gasteiger partial charge in [0.05, 0.1) is 34.5 Å². The maximum atomic E-state index is 12.0. The van der Waals surface area contributed by atoms with E-state index >= 15 is 0 Å². The number of aromatic nitrogens is 8. The molecular weight excluding hydrogens is 454 g/mol. The average molecular weight is 476 g/mol. The topological polar surface area (TPSA) is 138 Å². The first-order valence-corrected chi connectivity index (χ1v) is 11.5. The Balaban J connectivity index is 1.40. The molecule has 0 spiro atoms. The van der Waals surface area contributed by atoms with Crippen molar-refractivity contribution in [3.8, 4) is 33.8 Å². The van der Waals surface area contributed by atoms with Crippen molar-refractivity contribution in [2.45, 2.75) is 19.8 Å². The van der Waals surface area contributed by atoms with E-state index in [2.05, 4.69) is 40.4 Å². The van der Waals surface area contributed by atoms with Crippen molar-refractivity contribution >= 4 is 33.7 Å². The molecule has 176 valence electrons. The molecule has 6 aromatic heterocycles. The molecule has 0 saturated carbocycles. The van der Waals surface area contributed by atoms with Gasteiger partial charge >= 0.3 is 0 Å². The van der Waals surface area contributed by atoms with Crippen LogP contribution in [0.5, 0.6) is 0 Å². The molecule has 0 saturated heterocycles. The third-order valence-electron chi connectivity index (χ3n) is 5.86. The zero-order valence-electron chi connectivity index (χ0n) is 19.4. The molecule has 0 aliphatic carbocycles. The zero-order valence-corrected chi connectivity index (χ0v) is 19.4. The molecule has 0 bridgehead atoms. The molecule has 6 heterocycles. The number of H-pyrrole nitrogens is 2. The van der Waals surface area contributed by atoms with Crippen LogP contribution in [0.1, 0.15) is 19.8 Å². The number of rotatable bonds is 6. The molecule has 0 unspecified atom stereocenters. The van der Waals surface area contributed by atoms with Crippen LogP contribution >= 0.6 is 0 Å². The second-order valence-corrected chi connectivity index (χ2v) is 8.36. The van der Waals surface area contributed by atoms with Crippen molar-refractivity contribution in [3.63, 3.8) is 0 Å². The number of hydrogen-bond donors (Lipinski definition) is 3. The maximum absolute atomic E-state index is 12.0. The van der Waals surface area contributed by atoms with Crippen molar-refractivity contribution in [3.05, 3.63) is 67.6 Å². The second kappa shape index (κ2) is 8.99. The molecule has 1 amide bonds. The van der Waals surface area contributed by atoms with Gasteiger partial charge in [-0.3, -0.25) is 24.8 Å². The predicted molar refractivity (Wildman–Crippen MR) is 137 cm³/mol. The Labute approximate surface area is 205 Å². The molecular formula is C26H21N9O. The number of anilines is 1. The van der Waals surface area contributed by atoms with Crippen LogP contribution in [0.3, 0.4) is 0 Å². The van der Waals surface area contributed by atoms with Crippen LogP contribution in [-0.4, -0.2) is 46.0 Å². The Morgan fingerprint density at radius 3 is 2.64 bits per heavy atom. The number of fused-ring (bicyclic) bond motifs is 2. The summed E-state index contributed by atoms with van der Waals surface area (Å²) in [4.78, 5) is 37.5. The Hall–Kier alpha value is -4.99. The summed E-state index contributed by atoms with van der Waals surface area (Å²) in [5.74, 6) is 0.574. The highest BCUT2D eigenvalue weighted by atomic mass is 16.1. The summed E-state index contributed by atoms with van der Waals surface area (Å²) < 4.78 is 0. The Bertz CT molecular complexity index is 1710. The van der Waals surface area contributed by atoms with Gasteiger partial charge in [0.1, 0.15) is 5.69 Å². The number of pyridine rings is 4. The minimum Gasteiger partial charge on any atom is -0.335 e. The van der Waals surface area contributed by atoms with Gasteiger partial charge in [-0.2, -0.15) is 5.10 Å². The lowest BCUT2D eigenvalue weighted by Gasteiger charge is -2.07. The Morgan fingerprint density at radius 1 is 0.944 bits per heavy atom. The maximum Gasteiger partial charge on any atom is 0.224 e. The number of aromatic amines is 2. The van der Waals surface area contributed by atoms with Gasteiger partial charge in [-0.25, -0.2) is 9.97 Å². The first-order chi connectivity index (χ1) is 17.7. The summed E-state index contributed by atoms with van der Waals surface area (Å²) >= 11 is 0. The van der Waals surface area contributed by atoms with Crippen LogP contribution in [-0.2, 0) is 4.79 Å². The summed E-state index contributed by atoms with van der Waals surface area (Å²) in [6.45, 7) is 1.97. The first-order valence-electron chi connectivity index (χ1n) is 11.5. The molecule has 3 N–H and O–H groups in total. The third kappa shape index (κ3) is 3.94. The van der Waals surface area contributed by atoms with Crippen molar-refractivity contribution in [2.24, 2.45) is 0 Å². The number of carbonyl (C=O) groups excluding carboxylic acids is 1. The molecule has 0 aliphatic rings. The van der Waals surface area contributed by atoms with Crippen LogP contribution in [0, 0.1) is 0 Å². The highest BCUT2D eigenvalue weighted by molar-refractivity contribution is 5.97. The third-order valence-corrected chi connectivity index (χ3v) is 5.86. The summed E-state index contributed by atoms with van der Waals surface area (Å²) in [6.07, 6.45) is 13.4. The van der Waals surface area contributed by atoms with Gasteiger partial charge in [0.25, 0.3) is 0 Å². The molecule has 6 rings (SSSR count). The monoisotopic (exact) mass is 475 g/mol. The van der Waals surface area contributed by atoms with Gasteiger partial charge in [-0.15, -0.1) is 0 Å². The molecule has 6 aromatic rings. The highest BCUT2D eigenvalue weighted by Gasteiger charge is 2.17. The lowest BCUT2D eigenvalue weighted by Crippen LogP contribution is -2.10. The van der Waals surface area contributed by atoms with E-state index in [9.17, 15) is 4.79 Å². The van der Waals surface area contributed by atoms with E-state index < -0.39 is 0 Å². The van der Waals surface area contributed by atoms with E-state index in [-0.39, 0.29) is 5.91 Å². The number of hydrogen-bond acceptors (Lipinski definition) is 7. The van der Waals surface area contributed by atoms with Crippen LogP contribution in [0.2, 0.25) is 0 Å². The lowest BCUT2D eigenvalue weighted by molar-refractivity contribution is -0.116. The standard InChI is InChI=1S/C26H21N9O/c1-2-3-22(36)31-18-8-16(10-28-12-18)17-9-19-24(34-35-25(19)30-11-17)26-32-21-14-29-13-20(23(21)33-26)15-4-6-27-7-5-15/h4-14H,2-3H2,1H3,(H,31,36)(H,32,33)(H,30,34,35). The van der Waals surface area contributed by atoms with Gasteiger partial charge in [0.2, 0.25) is 5.91 Å². The van der Waals surface area contributed by atoms with E-state index in [0.717, 1.165) is 45.1 Å². The molecule has 0 fully saturated rings. The van der Waals surface area contributed by atoms with Gasteiger partial charge in [-0.05, 0) is 36.2 Å². The predicted octanol–water partition coefficient (Wildman–Crippen LogP) is 4.76. The first kappa shape index (κ1) is 21.5. The fourth-order valence-electron chi connectivity index (χ4n) is 4.15. The smallest absolute Gasteiger partial charge is 0.224 e. The fourth-order valence-corrected chi connectivity index (χ4v) is 4.15. The SMILES string of the molecule is CCCC(=O)Nc1cncc(-c2cnc3[nH]nc(-c4nc5c(-c6ccncc6)cncc5[nH]4)c3c2)c1. The molecule has 0 aliphatic heterocycles. The quantitative estimate of drug-likeness (QED) is 0.316. The minimum absolute atomic E-state index is 0.0346. The average Bonchev–Trinajstić information content (AvgIpc) is 3.53. The fraction of sp³-hybridized carbons (Fsp3) is 0.115. The molecule has 10 nitrogen and oxygen atoms in total. The number of imidazole rings is 1. The number of nitrogens with one attached hydrogen (secondary N) is 3. The van der Waals surface area contributed by atoms with Crippen molar-refractivity contribution < 1.29 is 4.79 Å². The molecule has 10 heteroatoms. The van der Waals surface area contributed by atoms with Crippen LogP contribution in [0.25, 0.3) is 55.8 Å². The molecule has 0 atom stereocenters. The Morgan fingerprint density at radius 2 is 1.78 bits per heavy atom. The normalized spacial score (nSPS) is 11.2. The second-order valence-electron chi connectivity index (χ2n) is 8.36. The van der Waals surface area contributed by atoms with E-state index in [1.165, 1.54) is 0 Å². The van der Waals surface area contributed by atoms with Crippen LogP contribution in [0.15, 0.2) is 67.6 Å². The molecule has 0 radical (unpaired) electrons. The van der Waals surface area contributed by atoms with Crippen LogP contribution < -0.4 is 5.32 Å². The summed E-state index contributed by atoms with van der Waals surface area (Å²) in [6, 6.07) is 7.73. The van der Waals surface area contributed by atoms with Crippen molar-refractivity contribution in [1.82, 2.24) is 40.1 Å². The summed E-state index contributed by atoms with van der Waals surface area (Å²) in [7, 11) is 0. The van der Waals surface area contributed by atoms with E-state index in [0.29, 0.717) is 29.3 Å². The summed E-state index contributed by atoms with van der Waals surface area (Å²) in [5, 5.41) is 11.2. The van der Waals surface area contributed by atoms with E-state index in [1.807, 2.05) is 31.2 Å². The van der Waals surface area contributed by atoms with Crippen molar-refractivity contribution in [1.29, 1.82) is 0 Å². The van der Waals surface area contributed by atoms with Gasteiger partial charge in [0, 0.05) is 54.1 Å². The minimum atomic E-state index is -0.0346. The summed E-state index contributed by atoms with van der Waals surface area (Å²) in [5.41, 5.74) is 7.11. The van der Waals surface area contributed by atoms with Gasteiger partial charge in [0.15, 0.2) is 11.5 Å². The lowest BCUT2D eigenvalue weighted by atomic mass is 10.1. The molecule has 36 heavy (non-hydrogen) atoms. The molecule has 0 aromatic carbocycles. The van der Waals surface area contributed by atoms with Gasteiger partial charge < -0.3 is 10.3 Å². The number of carbonyl (C=O) groups is 1.